The van der Waals surface area contributed by atoms with Crippen LogP contribution >= 0.6 is 0 Å². The van der Waals surface area contributed by atoms with Crippen LogP contribution in [0.3, 0.4) is 0 Å². The van der Waals surface area contributed by atoms with Gasteiger partial charge in [-0.15, -0.1) is 0 Å². The van der Waals surface area contributed by atoms with E-state index < -0.39 is 11.8 Å². The van der Waals surface area contributed by atoms with Crippen molar-refractivity contribution in [3.8, 4) is 0 Å². The number of rotatable bonds is 2. The molecule has 2 rings (SSSR count). The quantitative estimate of drug-likeness (QED) is 0.560. The van der Waals surface area contributed by atoms with Gasteiger partial charge in [0.2, 0.25) is 5.85 Å². The van der Waals surface area contributed by atoms with Gasteiger partial charge in [0.1, 0.15) is 6.10 Å². The number of carbonyl (C=O) groups excluding carboxylic acids is 1. The Kier molecular flexibility index (Phi) is 2.34. The minimum atomic E-state index is -2.04. The molecule has 0 aromatic rings. The van der Waals surface area contributed by atoms with E-state index in [0.717, 1.165) is 0 Å². The topological polar surface area (TPSA) is 46.5 Å². The van der Waals surface area contributed by atoms with Crippen LogP contribution in [0, 0.1) is 11.8 Å². The van der Waals surface area contributed by atoms with E-state index in [1.165, 1.54) is 0 Å². The number of esters is 1. The largest absolute Gasteiger partial charge is 0.459 e. The van der Waals surface area contributed by atoms with Crippen LogP contribution in [-0.2, 0) is 9.53 Å². The Bertz CT molecular complexity index is 311. The molecule has 4 unspecified atom stereocenters. The average molecular weight is 214 g/mol. The van der Waals surface area contributed by atoms with Crippen molar-refractivity contribution in [3.63, 3.8) is 0 Å². The Labute approximate surface area is 87.9 Å². The third-order valence-corrected chi connectivity index (χ3v) is 3.41. The van der Waals surface area contributed by atoms with Crippen molar-refractivity contribution in [3.05, 3.63) is 12.2 Å². The van der Waals surface area contributed by atoms with E-state index in [1.807, 2.05) is 0 Å². The smallest absolute Gasteiger partial charge is 0.333 e. The lowest BCUT2D eigenvalue weighted by Crippen LogP contribution is -2.36. The highest BCUT2D eigenvalue weighted by Crippen LogP contribution is 2.52. The molecule has 4 heteroatoms. The van der Waals surface area contributed by atoms with Crippen LogP contribution in [0.15, 0.2) is 12.2 Å². The van der Waals surface area contributed by atoms with Crippen molar-refractivity contribution < 1.29 is 19.0 Å². The molecule has 0 aromatic carbocycles. The summed E-state index contributed by atoms with van der Waals surface area (Å²) in [7, 11) is 0. The maximum atomic E-state index is 13.4. The van der Waals surface area contributed by atoms with Crippen molar-refractivity contribution in [2.45, 2.75) is 38.1 Å². The van der Waals surface area contributed by atoms with Gasteiger partial charge in [-0.05, 0) is 19.8 Å². The first kappa shape index (κ1) is 10.6. The number of alkyl halides is 1. The van der Waals surface area contributed by atoms with Gasteiger partial charge in [0, 0.05) is 23.8 Å². The summed E-state index contributed by atoms with van der Waals surface area (Å²) < 4.78 is 18.6. The third-order valence-electron chi connectivity index (χ3n) is 3.41. The molecule has 3 nitrogen and oxygen atoms in total. The van der Waals surface area contributed by atoms with Gasteiger partial charge in [-0.25, -0.2) is 9.18 Å². The second kappa shape index (κ2) is 3.30. The molecule has 15 heavy (non-hydrogen) atoms. The van der Waals surface area contributed by atoms with Gasteiger partial charge < -0.3 is 9.84 Å². The number of halogens is 1. The van der Waals surface area contributed by atoms with Crippen LogP contribution in [0.5, 0.6) is 0 Å². The zero-order valence-electron chi connectivity index (χ0n) is 8.70. The summed E-state index contributed by atoms with van der Waals surface area (Å²) in [5.74, 6) is -2.87. The standard InChI is InChI=1S/C11H15FO3/c1-6(2)10(13)15-9-4-8-3-7(9)5-11(8,12)14/h7-9,14H,1,3-5H2,2H3. The Morgan fingerprint density at radius 3 is 2.67 bits per heavy atom. The normalized spacial score (nSPS) is 43.0. The Morgan fingerprint density at radius 1 is 1.60 bits per heavy atom. The summed E-state index contributed by atoms with van der Waals surface area (Å²) in [5, 5.41) is 9.32. The summed E-state index contributed by atoms with van der Waals surface area (Å²) in [5.41, 5.74) is 0.355. The first-order valence-corrected chi connectivity index (χ1v) is 5.18. The van der Waals surface area contributed by atoms with E-state index in [9.17, 15) is 14.3 Å². The Balaban J connectivity index is 1.95. The fourth-order valence-electron chi connectivity index (χ4n) is 2.58. The zero-order valence-corrected chi connectivity index (χ0v) is 8.70. The van der Waals surface area contributed by atoms with Gasteiger partial charge in [0.15, 0.2) is 0 Å². The molecule has 4 atom stereocenters. The van der Waals surface area contributed by atoms with Gasteiger partial charge in [0.25, 0.3) is 0 Å². The van der Waals surface area contributed by atoms with Gasteiger partial charge in [-0.1, -0.05) is 6.58 Å². The van der Waals surface area contributed by atoms with Crippen molar-refractivity contribution in [1.29, 1.82) is 0 Å². The maximum Gasteiger partial charge on any atom is 0.333 e. The van der Waals surface area contributed by atoms with Gasteiger partial charge >= 0.3 is 5.97 Å². The van der Waals surface area contributed by atoms with Crippen LogP contribution in [-0.4, -0.2) is 23.0 Å². The summed E-state index contributed by atoms with van der Waals surface area (Å²) >= 11 is 0. The second-order valence-corrected chi connectivity index (χ2v) is 4.68. The number of fused-ring (bicyclic) bond motifs is 2. The number of hydrogen-bond acceptors (Lipinski definition) is 3. The molecule has 2 fully saturated rings. The van der Waals surface area contributed by atoms with Crippen LogP contribution < -0.4 is 0 Å². The van der Waals surface area contributed by atoms with Crippen LogP contribution in [0.1, 0.15) is 26.2 Å². The van der Waals surface area contributed by atoms with Crippen LogP contribution in [0.25, 0.3) is 0 Å². The predicted octanol–water partition coefficient (Wildman–Crippen LogP) is 1.56. The molecule has 0 amide bonds. The monoisotopic (exact) mass is 214 g/mol. The highest BCUT2D eigenvalue weighted by molar-refractivity contribution is 5.87. The van der Waals surface area contributed by atoms with E-state index in [-0.39, 0.29) is 24.4 Å². The minimum absolute atomic E-state index is 0.0340. The number of hydrogen-bond donors (Lipinski definition) is 1. The van der Waals surface area contributed by atoms with Crippen molar-refractivity contribution in [1.82, 2.24) is 0 Å². The first-order chi connectivity index (χ1) is 6.90. The molecular formula is C11H15FO3. The van der Waals surface area contributed by atoms with E-state index in [0.29, 0.717) is 18.4 Å². The fraction of sp³-hybridized carbons (Fsp3) is 0.727. The number of ether oxygens (including phenoxy) is 1. The lowest BCUT2D eigenvalue weighted by Gasteiger charge is -2.29. The molecule has 0 aromatic heterocycles. The van der Waals surface area contributed by atoms with E-state index >= 15 is 0 Å². The highest BCUT2D eigenvalue weighted by Gasteiger charge is 2.56. The van der Waals surface area contributed by atoms with Gasteiger partial charge in [0.05, 0.1) is 0 Å². The average Bonchev–Trinajstić information content (AvgIpc) is 2.59. The molecule has 2 bridgehead atoms. The maximum absolute atomic E-state index is 13.4. The number of carbonyl (C=O) groups is 1. The Hall–Kier alpha value is -0.900. The first-order valence-electron chi connectivity index (χ1n) is 5.18. The third kappa shape index (κ3) is 1.78. The molecule has 0 aliphatic heterocycles. The molecular weight excluding hydrogens is 199 g/mol. The molecule has 0 heterocycles. The summed E-state index contributed by atoms with van der Waals surface area (Å²) in [4.78, 5) is 11.3. The van der Waals surface area contributed by atoms with E-state index in [1.54, 1.807) is 6.92 Å². The molecule has 2 aliphatic rings. The molecule has 0 radical (unpaired) electrons. The SMILES string of the molecule is C=C(C)C(=O)OC1CC2CC1CC2(O)F. The lowest BCUT2D eigenvalue weighted by molar-refractivity contribution is -0.164. The van der Waals surface area contributed by atoms with Gasteiger partial charge in [-0.3, -0.25) is 0 Å². The van der Waals surface area contributed by atoms with Crippen molar-refractivity contribution >= 4 is 5.97 Å². The summed E-state index contributed by atoms with van der Waals surface area (Å²) in [6.45, 7) is 5.07. The highest BCUT2D eigenvalue weighted by atomic mass is 19.2. The predicted molar refractivity (Wildman–Crippen MR) is 51.6 cm³/mol. The second-order valence-electron chi connectivity index (χ2n) is 4.68. The van der Waals surface area contributed by atoms with E-state index in [4.69, 9.17) is 4.74 Å². The molecule has 0 spiro atoms. The molecule has 84 valence electrons. The minimum Gasteiger partial charge on any atom is -0.459 e. The summed E-state index contributed by atoms with van der Waals surface area (Å²) in [6, 6.07) is 0. The lowest BCUT2D eigenvalue weighted by atomic mass is 9.93. The molecule has 1 N–H and O–H groups in total. The van der Waals surface area contributed by atoms with Crippen LogP contribution in [0.4, 0.5) is 4.39 Å². The van der Waals surface area contributed by atoms with Gasteiger partial charge in [-0.2, -0.15) is 0 Å². The van der Waals surface area contributed by atoms with E-state index in [2.05, 4.69) is 6.58 Å². The molecule has 2 aliphatic carbocycles. The fourth-order valence-corrected chi connectivity index (χ4v) is 2.58. The zero-order chi connectivity index (χ0) is 11.2. The van der Waals surface area contributed by atoms with Crippen molar-refractivity contribution in [2.24, 2.45) is 11.8 Å². The Morgan fingerprint density at radius 2 is 2.27 bits per heavy atom. The van der Waals surface area contributed by atoms with Crippen molar-refractivity contribution in [2.75, 3.05) is 0 Å². The number of aliphatic hydroxyl groups is 1. The summed E-state index contributed by atoms with van der Waals surface area (Å²) in [6.07, 6.45) is 0.888. The molecule has 0 saturated heterocycles. The molecule has 2 saturated carbocycles. The van der Waals surface area contributed by atoms with Crippen LogP contribution in [0.2, 0.25) is 0 Å².